The van der Waals surface area contributed by atoms with Crippen LogP contribution < -0.4 is 10.2 Å². The monoisotopic (exact) mass is 371 g/mol. The second-order valence-electron chi connectivity index (χ2n) is 6.03. The van der Waals surface area contributed by atoms with Gasteiger partial charge in [-0.15, -0.1) is 10.2 Å². The smallest absolute Gasteiger partial charge is 0.237 e. The van der Waals surface area contributed by atoms with Gasteiger partial charge in [0.25, 0.3) is 0 Å². The molecule has 8 heteroatoms. The van der Waals surface area contributed by atoms with E-state index in [1.54, 1.807) is 12.3 Å². The molecule has 0 saturated carbocycles. The van der Waals surface area contributed by atoms with E-state index in [9.17, 15) is 4.79 Å². The number of benzene rings is 1. The third-order valence-corrected chi connectivity index (χ3v) is 5.01. The van der Waals surface area contributed by atoms with E-state index in [-0.39, 0.29) is 11.2 Å². The Morgan fingerprint density at radius 1 is 1.23 bits per heavy atom. The maximum absolute atomic E-state index is 12.5. The maximum Gasteiger partial charge on any atom is 0.237 e. The molecule has 1 N–H and O–H groups in total. The molecule has 1 atom stereocenters. The lowest BCUT2D eigenvalue weighted by Gasteiger charge is -2.14. The van der Waals surface area contributed by atoms with Crippen LogP contribution in [0.2, 0.25) is 0 Å². The first kappa shape index (κ1) is 18.1. The third-order valence-electron chi connectivity index (χ3n) is 3.88. The van der Waals surface area contributed by atoms with Gasteiger partial charge in [0, 0.05) is 32.5 Å². The molecule has 0 spiro atoms. The lowest BCUT2D eigenvalue weighted by molar-refractivity contribution is -0.115. The molecule has 136 valence electrons. The molecule has 2 heterocycles. The average molecular weight is 371 g/mol. The third kappa shape index (κ3) is 3.91. The van der Waals surface area contributed by atoms with E-state index in [0.717, 1.165) is 11.4 Å². The summed E-state index contributed by atoms with van der Waals surface area (Å²) in [4.78, 5) is 14.5. The number of carbonyl (C=O) groups excluding carboxylic acids is 1. The van der Waals surface area contributed by atoms with E-state index in [1.165, 1.54) is 11.8 Å². The van der Waals surface area contributed by atoms with Crippen molar-refractivity contribution in [3.8, 4) is 11.6 Å². The van der Waals surface area contributed by atoms with E-state index >= 15 is 0 Å². The molecule has 3 aromatic rings. The van der Waals surface area contributed by atoms with Crippen molar-refractivity contribution in [1.82, 2.24) is 14.8 Å². The molecule has 1 unspecified atom stereocenters. The second kappa shape index (κ2) is 7.65. The summed E-state index contributed by atoms with van der Waals surface area (Å²) < 4.78 is 7.17. The minimum Gasteiger partial charge on any atom is -0.461 e. The van der Waals surface area contributed by atoms with Gasteiger partial charge < -0.3 is 19.2 Å². The summed E-state index contributed by atoms with van der Waals surface area (Å²) in [6.07, 6.45) is 1.59. The molecule has 1 aromatic carbocycles. The Morgan fingerprint density at radius 2 is 1.96 bits per heavy atom. The number of nitrogens with zero attached hydrogens (tertiary/aromatic N) is 4. The molecule has 0 saturated heterocycles. The van der Waals surface area contributed by atoms with Crippen molar-refractivity contribution in [1.29, 1.82) is 0 Å². The highest BCUT2D eigenvalue weighted by Gasteiger charge is 2.20. The van der Waals surface area contributed by atoms with Gasteiger partial charge in [0.15, 0.2) is 16.7 Å². The Hall–Kier alpha value is -2.74. The first-order chi connectivity index (χ1) is 12.5. The molecule has 26 heavy (non-hydrogen) atoms. The van der Waals surface area contributed by atoms with Crippen molar-refractivity contribution >= 4 is 29.0 Å². The molecule has 0 radical (unpaired) electrons. The summed E-state index contributed by atoms with van der Waals surface area (Å²) in [7, 11) is 5.80. The zero-order chi connectivity index (χ0) is 18.7. The number of furan rings is 1. The minimum atomic E-state index is -0.323. The molecule has 3 rings (SSSR count). The predicted octanol–water partition coefficient (Wildman–Crippen LogP) is 3.26. The van der Waals surface area contributed by atoms with Gasteiger partial charge in [0.2, 0.25) is 5.91 Å². The van der Waals surface area contributed by atoms with Crippen LogP contribution in [0.15, 0.2) is 52.2 Å². The van der Waals surface area contributed by atoms with E-state index in [1.807, 2.05) is 67.9 Å². The molecule has 2 aromatic heterocycles. The number of hydrogen-bond acceptors (Lipinski definition) is 6. The SMILES string of the molecule is CC(Sc1nnc(-c2ccco2)n1C)C(=O)Nc1ccc(N(C)C)cc1. The molecule has 0 aliphatic carbocycles. The summed E-state index contributed by atoms with van der Waals surface area (Å²) in [5.74, 6) is 1.18. The normalized spacial score (nSPS) is 12.0. The summed E-state index contributed by atoms with van der Waals surface area (Å²) >= 11 is 1.35. The summed E-state index contributed by atoms with van der Waals surface area (Å²) in [6.45, 7) is 1.84. The Morgan fingerprint density at radius 3 is 2.58 bits per heavy atom. The summed E-state index contributed by atoms with van der Waals surface area (Å²) in [5.41, 5.74) is 1.84. The highest BCUT2D eigenvalue weighted by atomic mass is 32.2. The van der Waals surface area contributed by atoms with E-state index in [2.05, 4.69) is 15.5 Å². The molecule has 1 amide bonds. The highest BCUT2D eigenvalue weighted by Crippen LogP contribution is 2.26. The Bertz CT molecular complexity index is 872. The minimum absolute atomic E-state index is 0.0878. The molecule has 0 bridgehead atoms. The average Bonchev–Trinajstić information content (AvgIpc) is 3.26. The van der Waals surface area contributed by atoms with Crippen molar-refractivity contribution in [3.63, 3.8) is 0 Å². The van der Waals surface area contributed by atoms with E-state index in [4.69, 9.17) is 4.42 Å². The number of anilines is 2. The fourth-order valence-corrected chi connectivity index (χ4v) is 3.15. The van der Waals surface area contributed by atoms with Crippen molar-refractivity contribution in [3.05, 3.63) is 42.7 Å². The van der Waals surface area contributed by atoms with Crippen LogP contribution >= 0.6 is 11.8 Å². The fourth-order valence-electron chi connectivity index (χ4n) is 2.34. The molecule has 0 aliphatic heterocycles. The Labute approximate surface area is 156 Å². The van der Waals surface area contributed by atoms with Crippen LogP contribution in [0.5, 0.6) is 0 Å². The lowest BCUT2D eigenvalue weighted by Crippen LogP contribution is -2.22. The van der Waals surface area contributed by atoms with Crippen LogP contribution in [-0.4, -0.2) is 40.0 Å². The van der Waals surface area contributed by atoms with E-state index in [0.29, 0.717) is 16.7 Å². The number of hydrogen-bond donors (Lipinski definition) is 1. The van der Waals surface area contributed by atoms with Gasteiger partial charge in [-0.1, -0.05) is 11.8 Å². The van der Waals surface area contributed by atoms with Crippen molar-refractivity contribution < 1.29 is 9.21 Å². The number of thioether (sulfide) groups is 1. The topological polar surface area (TPSA) is 76.2 Å². The van der Waals surface area contributed by atoms with Crippen LogP contribution in [-0.2, 0) is 11.8 Å². The molecular weight excluding hydrogens is 350 g/mol. The van der Waals surface area contributed by atoms with Crippen LogP contribution in [0, 0.1) is 0 Å². The fraction of sp³-hybridized carbons (Fsp3) is 0.278. The first-order valence-electron chi connectivity index (χ1n) is 8.14. The number of rotatable bonds is 6. The van der Waals surface area contributed by atoms with Gasteiger partial charge in [-0.25, -0.2) is 0 Å². The molecular formula is C18H21N5O2S. The van der Waals surface area contributed by atoms with E-state index < -0.39 is 0 Å². The van der Waals surface area contributed by atoms with Crippen molar-refractivity contribution in [2.45, 2.75) is 17.3 Å². The predicted molar refractivity (Wildman–Crippen MR) is 103 cm³/mol. The van der Waals surface area contributed by atoms with Crippen LogP contribution in [0.4, 0.5) is 11.4 Å². The zero-order valence-electron chi connectivity index (χ0n) is 15.1. The second-order valence-corrected chi connectivity index (χ2v) is 7.34. The van der Waals surface area contributed by atoms with Crippen LogP contribution in [0.25, 0.3) is 11.6 Å². The lowest BCUT2D eigenvalue weighted by atomic mass is 10.2. The number of nitrogens with one attached hydrogen (secondary N) is 1. The van der Waals surface area contributed by atoms with Crippen LogP contribution in [0.1, 0.15) is 6.92 Å². The number of aromatic nitrogens is 3. The quantitative estimate of drug-likeness (QED) is 0.670. The zero-order valence-corrected chi connectivity index (χ0v) is 15.9. The highest BCUT2D eigenvalue weighted by molar-refractivity contribution is 8.00. The van der Waals surface area contributed by atoms with Crippen LogP contribution in [0.3, 0.4) is 0 Å². The Kier molecular flexibility index (Phi) is 5.32. The summed E-state index contributed by atoms with van der Waals surface area (Å²) in [6, 6.07) is 11.3. The van der Waals surface area contributed by atoms with Gasteiger partial charge in [-0.05, 0) is 43.3 Å². The Balaban J connectivity index is 1.64. The largest absolute Gasteiger partial charge is 0.461 e. The number of amides is 1. The standard InChI is InChI=1S/C18H21N5O2S/c1-12(17(24)19-13-7-9-14(10-8-13)22(2)3)26-18-21-20-16(23(18)4)15-6-5-11-25-15/h5-12H,1-4H3,(H,19,24). The molecule has 0 fully saturated rings. The van der Waals surface area contributed by atoms with Gasteiger partial charge in [0.05, 0.1) is 11.5 Å². The van der Waals surface area contributed by atoms with Gasteiger partial charge >= 0.3 is 0 Å². The maximum atomic E-state index is 12.5. The van der Waals surface area contributed by atoms with Crippen molar-refractivity contribution in [2.24, 2.45) is 7.05 Å². The first-order valence-corrected chi connectivity index (χ1v) is 9.02. The van der Waals surface area contributed by atoms with Gasteiger partial charge in [-0.2, -0.15) is 0 Å². The molecule has 0 aliphatic rings. The van der Waals surface area contributed by atoms with Gasteiger partial charge in [0.1, 0.15) is 0 Å². The summed E-state index contributed by atoms with van der Waals surface area (Å²) in [5, 5.41) is 11.6. The molecule has 7 nitrogen and oxygen atoms in total. The van der Waals surface area contributed by atoms with Gasteiger partial charge in [-0.3, -0.25) is 4.79 Å². The number of carbonyl (C=O) groups is 1. The van der Waals surface area contributed by atoms with Crippen molar-refractivity contribution in [2.75, 3.05) is 24.3 Å².